The fraction of sp³-hybridized carbons (Fsp3) is 0.350. The number of amides is 1. The van der Waals surface area contributed by atoms with Crippen LogP contribution in [0.25, 0.3) is 0 Å². The Hall–Kier alpha value is -2.57. The van der Waals surface area contributed by atoms with Crippen LogP contribution >= 0.6 is 0 Å². The smallest absolute Gasteiger partial charge is 0.260 e. The van der Waals surface area contributed by atoms with Crippen LogP contribution in [0.15, 0.2) is 54.6 Å². The summed E-state index contributed by atoms with van der Waals surface area (Å²) in [5.74, 6) is 1.97. The molecule has 2 aromatic rings. The van der Waals surface area contributed by atoms with Gasteiger partial charge in [0, 0.05) is 27.3 Å². The molecule has 0 N–H and O–H groups in total. The number of rotatable bonds is 11. The Bertz CT molecular complexity index is 637. The predicted octanol–water partition coefficient (Wildman–Crippen LogP) is 2.98. The molecule has 0 radical (unpaired) electrons. The van der Waals surface area contributed by atoms with Gasteiger partial charge in [-0.15, -0.1) is 0 Å². The lowest BCUT2D eigenvalue weighted by Crippen LogP contribution is -2.39. The molecule has 0 fully saturated rings. The average molecular weight is 359 g/mol. The Morgan fingerprint density at radius 3 is 1.92 bits per heavy atom. The first kappa shape index (κ1) is 19.8. The summed E-state index contributed by atoms with van der Waals surface area (Å²) >= 11 is 0. The van der Waals surface area contributed by atoms with Gasteiger partial charge in [0.1, 0.15) is 17.2 Å². The highest BCUT2D eigenvalue weighted by Gasteiger charge is 2.13. The van der Waals surface area contributed by atoms with E-state index in [1.165, 1.54) is 0 Å². The molecule has 0 aromatic heterocycles. The molecule has 2 rings (SSSR count). The maximum Gasteiger partial charge on any atom is 0.260 e. The van der Waals surface area contributed by atoms with E-state index in [4.69, 9.17) is 18.9 Å². The minimum atomic E-state index is -0.108. The minimum Gasteiger partial charge on any atom is -0.484 e. The van der Waals surface area contributed by atoms with Gasteiger partial charge in [-0.3, -0.25) is 4.79 Å². The third-order valence-electron chi connectivity index (χ3n) is 3.65. The first-order valence-corrected chi connectivity index (χ1v) is 8.44. The van der Waals surface area contributed by atoms with Gasteiger partial charge in [-0.2, -0.15) is 0 Å². The van der Waals surface area contributed by atoms with E-state index >= 15 is 0 Å². The number of hydrogen-bond acceptors (Lipinski definition) is 5. The molecule has 140 valence electrons. The number of nitrogens with zero attached hydrogens (tertiary/aromatic N) is 1. The summed E-state index contributed by atoms with van der Waals surface area (Å²) < 4.78 is 21.4. The molecule has 0 aliphatic rings. The van der Waals surface area contributed by atoms with Crippen LogP contribution in [0.3, 0.4) is 0 Å². The van der Waals surface area contributed by atoms with Crippen molar-refractivity contribution < 1.29 is 23.7 Å². The molecular formula is C20H25NO5. The van der Waals surface area contributed by atoms with Gasteiger partial charge in [-0.05, 0) is 36.4 Å². The second-order valence-electron chi connectivity index (χ2n) is 5.54. The first-order chi connectivity index (χ1) is 12.7. The predicted molar refractivity (Wildman–Crippen MR) is 98.8 cm³/mol. The van der Waals surface area contributed by atoms with E-state index in [9.17, 15) is 4.79 Å². The summed E-state index contributed by atoms with van der Waals surface area (Å²) in [5.41, 5.74) is 0. The van der Waals surface area contributed by atoms with Gasteiger partial charge in [0.15, 0.2) is 6.61 Å². The molecule has 2 aromatic carbocycles. The molecular weight excluding hydrogens is 334 g/mol. The fourth-order valence-corrected chi connectivity index (χ4v) is 2.23. The van der Waals surface area contributed by atoms with Crippen LogP contribution in [0.5, 0.6) is 17.2 Å². The van der Waals surface area contributed by atoms with Crippen molar-refractivity contribution in [2.45, 2.75) is 0 Å². The lowest BCUT2D eigenvalue weighted by Gasteiger charge is -2.22. The normalized spacial score (nSPS) is 10.4. The van der Waals surface area contributed by atoms with Crippen LogP contribution in [0, 0.1) is 0 Å². The lowest BCUT2D eigenvalue weighted by molar-refractivity contribution is -0.134. The number of hydrogen-bond donors (Lipinski definition) is 0. The second-order valence-corrected chi connectivity index (χ2v) is 5.54. The van der Waals surface area contributed by atoms with E-state index in [2.05, 4.69) is 0 Å². The van der Waals surface area contributed by atoms with Gasteiger partial charge in [-0.1, -0.05) is 18.2 Å². The molecule has 0 saturated carbocycles. The molecule has 0 unspecified atom stereocenters. The summed E-state index contributed by atoms with van der Waals surface area (Å²) in [4.78, 5) is 14.0. The maximum atomic E-state index is 12.3. The topological polar surface area (TPSA) is 57.2 Å². The van der Waals surface area contributed by atoms with E-state index in [1.54, 1.807) is 43.4 Å². The van der Waals surface area contributed by atoms with E-state index in [0.717, 1.165) is 5.75 Å². The van der Waals surface area contributed by atoms with Crippen molar-refractivity contribution in [1.29, 1.82) is 0 Å². The van der Waals surface area contributed by atoms with Crippen LogP contribution in [0.1, 0.15) is 0 Å². The number of benzene rings is 2. The molecule has 0 bridgehead atoms. The number of methoxy groups -OCH3 is 2. The van der Waals surface area contributed by atoms with Crippen molar-refractivity contribution >= 4 is 5.91 Å². The van der Waals surface area contributed by atoms with Crippen LogP contribution in [0.4, 0.5) is 0 Å². The summed E-state index contributed by atoms with van der Waals surface area (Å²) in [5, 5.41) is 0. The third kappa shape index (κ3) is 6.74. The molecule has 1 amide bonds. The Balaban J connectivity index is 1.84. The molecule has 0 aliphatic heterocycles. The van der Waals surface area contributed by atoms with Crippen molar-refractivity contribution in [2.75, 3.05) is 47.1 Å². The monoisotopic (exact) mass is 359 g/mol. The number of para-hydroxylation sites is 1. The highest BCUT2D eigenvalue weighted by Crippen LogP contribution is 2.23. The summed E-state index contributed by atoms with van der Waals surface area (Å²) in [6, 6.07) is 16.7. The highest BCUT2D eigenvalue weighted by atomic mass is 16.5. The van der Waals surface area contributed by atoms with E-state index in [1.807, 2.05) is 30.3 Å². The zero-order valence-electron chi connectivity index (χ0n) is 15.2. The number of carbonyl (C=O) groups is 1. The van der Waals surface area contributed by atoms with E-state index in [0.29, 0.717) is 37.8 Å². The highest BCUT2D eigenvalue weighted by molar-refractivity contribution is 5.77. The zero-order valence-corrected chi connectivity index (χ0v) is 15.2. The molecule has 0 atom stereocenters. The zero-order chi connectivity index (χ0) is 18.6. The number of carbonyl (C=O) groups excluding carboxylic acids is 1. The van der Waals surface area contributed by atoms with Gasteiger partial charge in [0.05, 0.1) is 13.2 Å². The van der Waals surface area contributed by atoms with Crippen molar-refractivity contribution in [3.8, 4) is 17.2 Å². The van der Waals surface area contributed by atoms with Gasteiger partial charge in [0.25, 0.3) is 5.91 Å². The van der Waals surface area contributed by atoms with Crippen LogP contribution in [-0.4, -0.2) is 57.9 Å². The van der Waals surface area contributed by atoms with Crippen molar-refractivity contribution in [3.63, 3.8) is 0 Å². The number of ether oxygens (including phenoxy) is 4. The van der Waals surface area contributed by atoms with Crippen molar-refractivity contribution in [1.82, 2.24) is 4.90 Å². The van der Waals surface area contributed by atoms with Crippen LogP contribution in [-0.2, 0) is 14.3 Å². The van der Waals surface area contributed by atoms with Gasteiger partial charge >= 0.3 is 0 Å². The fourth-order valence-electron chi connectivity index (χ4n) is 2.23. The second kappa shape index (κ2) is 11.1. The van der Waals surface area contributed by atoms with Gasteiger partial charge in [-0.25, -0.2) is 0 Å². The summed E-state index contributed by atoms with van der Waals surface area (Å²) in [6.45, 7) is 1.92. The SMILES string of the molecule is COCCN(CCOC)C(=O)COc1ccc(Oc2ccccc2)cc1. The Morgan fingerprint density at radius 2 is 1.35 bits per heavy atom. The van der Waals surface area contributed by atoms with E-state index in [-0.39, 0.29) is 12.5 Å². The van der Waals surface area contributed by atoms with Crippen LogP contribution < -0.4 is 9.47 Å². The van der Waals surface area contributed by atoms with Crippen molar-refractivity contribution in [3.05, 3.63) is 54.6 Å². The van der Waals surface area contributed by atoms with E-state index < -0.39 is 0 Å². The Kier molecular flexibility index (Phi) is 8.45. The standard InChI is InChI=1S/C20H25NO5/c1-23-14-12-21(13-15-24-2)20(22)16-25-17-8-10-19(11-9-17)26-18-6-4-3-5-7-18/h3-11H,12-16H2,1-2H3. The minimum absolute atomic E-state index is 0.0354. The molecule has 6 nitrogen and oxygen atoms in total. The molecule has 0 heterocycles. The molecule has 0 spiro atoms. The molecule has 0 aliphatic carbocycles. The first-order valence-electron chi connectivity index (χ1n) is 8.44. The molecule has 0 saturated heterocycles. The maximum absolute atomic E-state index is 12.3. The summed E-state index contributed by atoms with van der Waals surface area (Å²) in [7, 11) is 3.21. The summed E-state index contributed by atoms with van der Waals surface area (Å²) in [6.07, 6.45) is 0. The Labute approximate surface area is 154 Å². The van der Waals surface area contributed by atoms with Crippen molar-refractivity contribution in [2.24, 2.45) is 0 Å². The molecule has 26 heavy (non-hydrogen) atoms. The largest absolute Gasteiger partial charge is 0.484 e. The quantitative estimate of drug-likeness (QED) is 0.617. The van der Waals surface area contributed by atoms with Crippen LogP contribution in [0.2, 0.25) is 0 Å². The average Bonchev–Trinajstić information content (AvgIpc) is 2.68. The van der Waals surface area contributed by atoms with Gasteiger partial charge in [0.2, 0.25) is 0 Å². The Morgan fingerprint density at radius 1 is 0.808 bits per heavy atom. The van der Waals surface area contributed by atoms with Gasteiger partial charge < -0.3 is 23.8 Å². The molecule has 6 heteroatoms. The lowest BCUT2D eigenvalue weighted by atomic mass is 10.3. The third-order valence-corrected chi connectivity index (χ3v) is 3.65.